The van der Waals surface area contributed by atoms with Crippen LogP contribution < -0.4 is 35.3 Å². The van der Waals surface area contributed by atoms with E-state index in [1.807, 2.05) is 13.8 Å². The van der Waals surface area contributed by atoms with Gasteiger partial charge in [0, 0.05) is 80.8 Å². The Hall–Kier alpha value is -7.50. The second-order valence-corrected chi connectivity index (χ2v) is 19.5. The highest BCUT2D eigenvalue weighted by Crippen LogP contribution is 2.39. The number of ketones is 1. The van der Waals surface area contributed by atoms with Crippen molar-refractivity contribution in [3.05, 3.63) is 76.0 Å². The lowest BCUT2D eigenvalue weighted by atomic mass is 10.0. The van der Waals surface area contributed by atoms with E-state index in [9.17, 15) is 38.4 Å². The summed E-state index contributed by atoms with van der Waals surface area (Å²) in [4.78, 5) is 104. The number of rotatable bonds is 26. The van der Waals surface area contributed by atoms with Crippen LogP contribution in [0.1, 0.15) is 71.4 Å². The number of anilines is 1. The van der Waals surface area contributed by atoms with Gasteiger partial charge >= 0.3 is 24.1 Å². The molecule has 5 aromatic rings. The van der Waals surface area contributed by atoms with Crippen molar-refractivity contribution < 1.29 is 72.3 Å². The van der Waals surface area contributed by atoms with Gasteiger partial charge in [-0.1, -0.05) is 26.0 Å². The number of ether oxygens (including phenoxy) is 5. The number of benzene rings is 3. The average molecular weight is 1050 g/mol. The first kappa shape index (κ1) is 56.4. The summed E-state index contributed by atoms with van der Waals surface area (Å²) in [7, 11) is 6.02. The minimum Gasteiger partial charge on any atom is -0.493 e. The van der Waals surface area contributed by atoms with E-state index in [1.165, 1.54) is 47.2 Å². The molecule has 23 heteroatoms. The molecule has 0 saturated carbocycles. The van der Waals surface area contributed by atoms with Crippen LogP contribution in [0.3, 0.4) is 0 Å². The predicted octanol–water partition coefficient (Wildman–Crippen LogP) is 6.69. The van der Waals surface area contributed by atoms with Crippen LogP contribution in [0.5, 0.6) is 23.0 Å². The quantitative estimate of drug-likeness (QED) is 0.0285. The van der Waals surface area contributed by atoms with Gasteiger partial charge in [-0.05, 0) is 65.6 Å². The monoisotopic (exact) mass is 1050 g/mol. The number of fused-ring (bicyclic) bond motifs is 2. The van der Waals surface area contributed by atoms with Gasteiger partial charge in [-0.3, -0.25) is 28.8 Å². The molecular weight excluding hydrogens is 989 g/mol. The van der Waals surface area contributed by atoms with Crippen molar-refractivity contribution in [1.29, 1.82) is 0 Å². The summed E-state index contributed by atoms with van der Waals surface area (Å²) in [5.74, 6) is -2.65. The number of Topliss-reactive ketones (excluding diaryl/α,β-unsaturated/α-hetero) is 1. The molecular formula is C50H60N6O15S2. The number of thiophene rings is 2. The van der Waals surface area contributed by atoms with Crippen LogP contribution >= 0.6 is 22.7 Å². The van der Waals surface area contributed by atoms with Crippen LogP contribution in [0.15, 0.2) is 60.7 Å². The van der Waals surface area contributed by atoms with Crippen LogP contribution in [0.2, 0.25) is 0 Å². The second-order valence-electron chi connectivity index (χ2n) is 17.3. The fourth-order valence-electron chi connectivity index (χ4n) is 6.64. The van der Waals surface area contributed by atoms with Gasteiger partial charge in [-0.2, -0.15) is 0 Å². The molecule has 0 aliphatic heterocycles. The first-order valence-corrected chi connectivity index (χ1v) is 24.7. The number of hydrogen-bond donors (Lipinski definition) is 5. The third-order valence-corrected chi connectivity index (χ3v) is 13.4. The molecule has 5 amide bonds. The van der Waals surface area contributed by atoms with Gasteiger partial charge in [0.1, 0.15) is 12.6 Å². The Bertz CT molecular complexity index is 2810. The standard InChI is InChI=1S/C50H60N6O15S2/c1-28(2)45(51)47(63)52-29(3)46(62)53-33-11-9-30(10-12-33)27-70-49(65)55(5)17-18-56(6)50(66)71-38-26-40-31(23-41(72-40)34(57)13-14-43(58)59)22-37(38)69-20-8-19-68-36-21-32-24-42(73-39(32)25-35(36)67-7)48(64)54(4)16-15-44(60)61/h9-12,21-26,28-29,45H,8,13-20,27,51H2,1-7H3,(H,52,63)(H,53,62)(H,58,59)(H,60,61)/t29-,45-/m0/s1. The molecule has 0 spiro atoms. The first-order valence-electron chi connectivity index (χ1n) is 23.1. The molecule has 2 aromatic heterocycles. The molecule has 6 N–H and O–H groups in total. The van der Waals surface area contributed by atoms with Crippen molar-refractivity contribution in [3.63, 3.8) is 0 Å². The Balaban J connectivity index is 1.16. The van der Waals surface area contributed by atoms with Gasteiger partial charge in [0.25, 0.3) is 5.91 Å². The third kappa shape index (κ3) is 16.3. The highest BCUT2D eigenvalue weighted by atomic mass is 32.1. The number of likely N-dealkylation sites (N-methyl/N-ethyl adjacent to an activating group) is 2. The third-order valence-electron chi connectivity index (χ3n) is 11.2. The van der Waals surface area contributed by atoms with E-state index in [4.69, 9.17) is 39.6 Å². The van der Waals surface area contributed by atoms with Gasteiger partial charge in [0.15, 0.2) is 28.8 Å². The lowest BCUT2D eigenvalue weighted by Crippen LogP contribution is -2.50. The van der Waals surface area contributed by atoms with E-state index in [-0.39, 0.29) is 87.8 Å². The van der Waals surface area contributed by atoms with E-state index < -0.39 is 48.0 Å². The Morgan fingerprint density at radius 3 is 1.81 bits per heavy atom. The van der Waals surface area contributed by atoms with E-state index in [2.05, 4.69) is 10.6 Å². The molecule has 0 unspecified atom stereocenters. The largest absolute Gasteiger partial charge is 0.493 e. The summed E-state index contributed by atoms with van der Waals surface area (Å²) in [6.07, 6.45) is -1.79. The van der Waals surface area contributed by atoms with Crippen LogP contribution in [0, 0.1) is 5.92 Å². The van der Waals surface area contributed by atoms with Crippen molar-refractivity contribution in [2.75, 3.05) is 66.4 Å². The lowest BCUT2D eigenvalue weighted by molar-refractivity contribution is -0.138. The summed E-state index contributed by atoms with van der Waals surface area (Å²) in [6, 6.07) is 15.0. The number of nitrogens with two attached hydrogens (primary N) is 1. The van der Waals surface area contributed by atoms with Gasteiger partial charge in [-0.25, -0.2) is 9.59 Å². The smallest absolute Gasteiger partial charge is 0.415 e. The molecule has 0 bridgehead atoms. The maximum absolute atomic E-state index is 13.5. The fraction of sp³-hybridized carbons (Fsp3) is 0.400. The van der Waals surface area contributed by atoms with Gasteiger partial charge < -0.3 is 65.0 Å². The predicted molar refractivity (Wildman–Crippen MR) is 273 cm³/mol. The van der Waals surface area contributed by atoms with E-state index in [1.54, 1.807) is 74.6 Å². The van der Waals surface area contributed by atoms with Crippen molar-refractivity contribution in [3.8, 4) is 23.0 Å². The summed E-state index contributed by atoms with van der Waals surface area (Å²) in [6.45, 7) is 5.51. The number of methoxy groups -OCH3 is 1. The lowest BCUT2D eigenvalue weighted by Gasteiger charge is -2.22. The number of carbonyl (C=O) groups is 8. The Labute approximate surface area is 429 Å². The van der Waals surface area contributed by atoms with Gasteiger partial charge in [0.2, 0.25) is 11.8 Å². The van der Waals surface area contributed by atoms with Crippen molar-refractivity contribution in [2.24, 2.45) is 11.7 Å². The summed E-state index contributed by atoms with van der Waals surface area (Å²) < 4.78 is 30.4. The van der Waals surface area contributed by atoms with Gasteiger partial charge in [-0.15, -0.1) is 22.7 Å². The molecule has 2 atom stereocenters. The number of nitrogens with one attached hydrogen (secondary N) is 2. The van der Waals surface area contributed by atoms with E-state index >= 15 is 0 Å². The molecule has 0 aliphatic carbocycles. The van der Waals surface area contributed by atoms with E-state index in [0.717, 1.165) is 21.4 Å². The second kappa shape index (κ2) is 26.3. The van der Waals surface area contributed by atoms with Crippen LogP contribution in [-0.2, 0) is 30.5 Å². The first-order chi connectivity index (χ1) is 34.6. The Morgan fingerprint density at radius 1 is 0.658 bits per heavy atom. The normalized spacial score (nSPS) is 11.8. The maximum Gasteiger partial charge on any atom is 0.415 e. The molecule has 0 aliphatic rings. The molecule has 21 nitrogen and oxygen atoms in total. The number of carbonyl (C=O) groups excluding carboxylic acids is 6. The summed E-state index contributed by atoms with van der Waals surface area (Å²) in [5, 5.41) is 24.8. The van der Waals surface area contributed by atoms with Crippen molar-refractivity contribution in [2.45, 2.75) is 65.1 Å². The van der Waals surface area contributed by atoms with Gasteiger partial charge in [0.05, 0.1) is 49.0 Å². The molecule has 5 rings (SSSR count). The van der Waals surface area contributed by atoms with Crippen LogP contribution in [-0.4, -0.2) is 146 Å². The Kier molecular flexibility index (Phi) is 20.3. The Morgan fingerprint density at radius 2 is 1.22 bits per heavy atom. The molecule has 0 fully saturated rings. The van der Waals surface area contributed by atoms with Crippen molar-refractivity contribution in [1.82, 2.24) is 20.0 Å². The highest BCUT2D eigenvalue weighted by Gasteiger charge is 2.24. The SMILES string of the molecule is COc1cc2sc(C(=O)N(C)CCC(=O)O)cc2cc1OCCCOc1cc2cc(C(=O)CCC(=O)O)sc2cc1OC(=O)N(C)CCN(C)C(=O)OCc1ccc(NC(=O)[C@H](C)NC(=O)[C@@H](N)C(C)C)cc1. The zero-order chi connectivity index (χ0) is 53.5. The molecule has 0 radical (unpaired) electrons. The topological polar surface area (TPSA) is 283 Å². The van der Waals surface area contributed by atoms with E-state index in [0.29, 0.717) is 49.0 Å². The number of carboxylic acid groups (broad SMARTS) is 2. The molecule has 2 heterocycles. The molecule has 73 heavy (non-hydrogen) atoms. The maximum atomic E-state index is 13.5. The zero-order valence-corrected chi connectivity index (χ0v) is 43.1. The zero-order valence-electron chi connectivity index (χ0n) is 41.5. The van der Waals surface area contributed by atoms with Crippen molar-refractivity contribution >= 4 is 96.2 Å². The average Bonchev–Trinajstić information content (AvgIpc) is 3.98. The van der Waals surface area contributed by atoms with Crippen LogP contribution in [0.25, 0.3) is 20.2 Å². The summed E-state index contributed by atoms with van der Waals surface area (Å²) >= 11 is 2.36. The molecule has 0 saturated heterocycles. The summed E-state index contributed by atoms with van der Waals surface area (Å²) in [5.41, 5.74) is 6.97. The number of aliphatic carboxylic acids is 2. The number of nitrogens with zero attached hydrogens (tertiary/aromatic N) is 3. The number of carboxylic acids is 2. The van der Waals surface area contributed by atoms with Crippen LogP contribution in [0.4, 0.5) is 15.3 Å². The fourth-order valence-corrected chi connectivity index (χ4v) is 8.75. The number of amides is 5. The molecule has 392 valence electrons. The minimum absolute atomic E-state index is 0.0419. The minimum atomic E-state index is -1.10. The molecule has 3 aromatic carbocycles. The highest BCUT2D eigenvalue weighted by molar-refractivity contribution is 7.21. The number of hydrogen-bond acceptors (Lipinski definition) is 16.